The largest absolute Gasteiger partial charge is 0.490 e. The minimum absolute atomic E-state index is 0.000992. The molecule has 0 aliphatic rings. The standard InChI is InChI=1S/C21H24N4O4/c1-2-3-13-25-20(22-23-24-25)16-29-21(26)18-11-7-8-12-19(18)28-15-14-27-17-9-5-4-6-10-17/h4-12H,2-3,13-16H2,1H3. The zero-order chi connectivity index (χ0) is 20.3. The van der Waals surface area contributed by atoms with E-state index in [1.807, 2.05) is 30.3 Å². The Bertz CT molecular complexity index is 898. The Morgan fingerprint density at radius 1 is 1.00 bits per heavy atom. The Labute approximate surface area is 169 Å². The summed E-state index contributed by atoms with van der Waals surface area (Å²) in [5.74, 6) is 1.24. The lowest BCUT2D eigenvalue weighted by molar-refractivity contribution is 0.0451. The lowest BCUT2D eigenvalue weighted by atomic mass is 10.2. The van der Waals surface area contributed by atoms with Gasteiger partial charge in [-0.25, -0.2) is 9.48 Å². The first-order valence-corrected chi connectivity index (χ1v) is 9.59. The average molecular weight is 396 g/mol. The Kier molecular flexibility index (Phi) is 7.56. The van der Waals surface area contributed by atoms with Gasteiger partial charge >= 0.3 is 5.97 Å². The highest BCUT2D eigenvalue weighted by Crippen LogP contribution is 2.19. The molecule has 0 aliphatic heterocycles. The number of esters is 1. The van der Waals surface area contributed by atoms with Crippen LogP contribution in [0.3, 0.4) is 0 Å². The van der Waals surface area contributed by atoms with Crippen LogP contribution in [0.15, 0.2) is 54.6 Å². The zero-order valence-electron chi connectivity index (χ0n) is 16.4. The molecule has 0 saturated carbocycles. The number of rotatable bonds is 11. The molecule has 0 N–H and O–H groups in total. The van der Waals surface area contributed by atoms with Crippen molar-refractivity contribution in [2.75, 3.05) is 13.2 Å². The molecule has 29 heavy (non-hydrogen) atoms. The van der Waals surface area contributed by atoms with Gasteiger partial charge in [-0.1, -0.05) is 43.7 Å². The molecule has 1 aromatic heterocycles. The number of aryl methyl sites for hydroxylation is 1. The second-order valence-electron chi connectivity index (χ2n) is 6.25. The van der Waals surface area contributed by atoms with Gasteiger partial charge in [0.25, 0.3) is 0 Å². The molecule has 8 heteroatoms. The molecule has 0 unspecified atom stereocenters. The third-order valence-corrected chi connectivity index (χ3v) is 4.12. The molecule has 152 valence electrons. The number of benzene rings is 2. The van der Waals surface area contributed by atoms with Crippen LogP contribution >= 0.6 is 0 Å². The number of hydrogen-bond acceptors (Lipinski definition) is 7. The zero-order valence-corrected chi connectivity index (χ0v) is 16.4. The highest BCUT2D eigenvalue weighted by Gasteiger charge is 2.16. The second kappa shape index (κ2) is 10.8. The van der Waals surface area contributed by atoms with Gasteiger partial charge in [-0.3, -0.25) is 0 Å². The van der Waals surface area contributed by atoms with E-state index in [2.05, 4.69) is 22.4 Å². The van der Waals surface area contributed by atoms with E-state index in [4.69, 9.17) is 14.2 Å². The molecule has 0 bridgehead atoms. The van der Waals surface area contributed by atoms with Gasteiger partial charge in [-0.05, 0) is 41.1 Å². The normalized spacial score (nSPS) is 10.5. The van der Waals surface area contributed by atoms with E-state index in [0.29, 0.717) is 36.9 Å². The monoisotopic (exact) mass is 396 g/mol. The number of unbranched alkanes of at least 4 members (excludes halogenated alkanes) is 1. The maximum absolute atomic E-state index is 12.5. The summed E-state index contributed by atoms with van der Waals surface area (Å²) in [7, 11) is 0. The van der Waals surface area contributed by atoms with Crippen LogP contribution in [0, 0.1) is 0 Å². The minimum atomic E-state index is -0.491. The van der Waals surface area contributed by atoms with Crippen LogP contribution in [-0.2, 0) is 17.9 Å². The summed E-state index contributed by atoms with van der Waals surface area (Å²) < 4.78 is 18.4. The maximum atomic E-state index is 12.5. The van der Waals surface area contributed by atoms with E-state index in [-0.39, 0.29) is 6.61 Å². The van der Waals surface area contributed by atoms with Crippen molar-refractivity contribution in [3.05, 3.63) is 66.0 Å². The van der Waals surface area contributed by atoms with E-state index in [1.165, 1.54) is 0 Å². The Balaban J connectivity index is 1.52. The summed E-state index contributed by atoms with van der Waals surface area (Å²) in [5.41, 5.74) is 0.347. The van der Waals surface area contributed by atoms with Crippen LogP contribution in [-0.4, -0.2) is 39.4 Å². The van der Waals surface area contributed by atoms with E-state index in [9.17, 15) is 4.79 Å². The number of nitrogens with zero attached hydrogens (tertiary/aromatic N) is 4. The van der Waals surface area contributed by atoms with Gasteiger partial charge in [0.1, 0.15) is 30.3 Å². The van der Waals surface area contributed by atoms with E-state index < -0.39 is 5.97 Å². The van der Waals surface area contributed by atoms with Crippen LogP contribution in [0.1, 0.15) is 35.9 Å². The van der Waals surface area contributed by atoms with Crippen LogP contribution < -0.4 is 9.47 Å². The molecule has 0 amide bonds. The van der Waals surface area contributed by atoms with Crippen molar-refractivity contribution in [1.29, 1.82) is 0 Å². The van der Waals surface area contributed by atoms with Crippen molar-refractivity contribution in [3.63, 3.8) is 0 Å². The highest BCUT2D eigenvalue weighted by molar-refractivity contribution is 5.92. The first-order chi connectivity index (χ1) is 14.3. The van der Waals surface area contributed by atoms with Crippen LogP contribution in [0.2, 0.25) is 0 Å². The van der Waals surface area contributed by atoms with Gasteiger partial charge in [-0.15, -0.1) is 5.10 Å². The number of carbonyl (C=O) groups excluding carboxylic acids is 1. The molecule has 0 saturated heterocycles. The van der Waals surface area contributed by atoms with Crippen LogP contribution in [0.5, 0.6) is 11.5 Å². The van der Waals surface area contributed by atoms with Gasteiger partial charge in [0.05, 0.1) is 0 Å². The van der Waals surface area contributed by atoms with Crippen molar-refractivity contribution in [2.24, 2.45) is 0 Å². The lowest BCUT2D eigenvalue weighted by Crippen LogP contribution is -2.14. The molecule has 0 fully saturated rings. The number of hydrogen-bond donors (Lipinski definition) is 0. The SMILES string of the molecule is CCCCn1nnnc1COC(=O)c1ccccc1OCCOc1ccccc1. The summed E-state index contributed by atoms with van der Waals surface area (Å²) >= 11 is 0. The fourth-order valence-corrected chi connectivity index (χ4v) is 2.61. The molecule has 1 heterocycles. The molecule has 8 nitrogen and oxygen atoms in total. The van der Waals surface area contributed by atoms with Crippen molar-refractivity contribution >= 4 is 5.97 Å². The molecule has 3 aromatic rings. The summed E-state index contributed by atoms with van der Waals surface area (Å²) in [5, 5.41) is 11.5. The van der Waals surface area contributed by atoms with Crippen molar-refractivity contribution < 1.29 is 19.0 Å². The minimum Gasteiger partial charge on any atom is -0.490 e. The summed E-state index contributed by atoms with van der Waals surface area (Å²) in [6.07, 6.45) is 1.98. The number of aromatic nitrogens is 4. The summed E-state index contributed by atoms with van der Waals surface area (Å²) in [6.45, 7) is 3.44. The molecular weight excluding hydrogens is 372 g/mol. The first-order valence-electron chi connectivity index (χ1n) is 9.59. The molecule has 2 aromatic carbocycles. The predicted octanol–water partition coefficient (Wildman–Crippen LogP) is 3.29. The lowest BCUT2D eigenvalue weighted by Gasteiger charge is -2.12. The third-order valence-electron chi connectivity index (χ3n) is 4.12. The van der Waals surface area contributed by atoms with E-state index in [1.54, 1.807) is 28.9 Å². The molecule has 0 aliphatic carbocycles. The fraction of sp³-hybridized carbons (Fsp3) is 0.333. The quantitative estimate of drug-likeness (QED) is 0.363. The average Bonchev–Trinajstić information content (AvgIpc) is 3.22. The number of tetrazole rings is 1. The second-order valence-corrected chi connectivity index (χ2v) is 6.25. The third kappa shape index (κ3) is 6.03. The van der Waals surface area contributed by atoms with Crippen LogP contribution in [0.4, 0.5) is 0 Å². The number of ether oxygens (including phenoxy) is 3. The molecule has 0 atom stereocenters. The Hall–Kier alpha value is -3.42. The van der Waals surface area contributed by atoms with Gasteiger partial charge in [0.2, 0.25) is 0 Å². The van der Waals surface area contributed by atoms with Gasteiger partial charge in [-0.2, -0.15) is 0 Å². The smallest absolute Gasteiger partial charge is 0.342 e. The topological polar surface area (TPSA) is 88.4 Å². The maximum Gasteiger partial charge on any atom is 0.342 e. The van der Waals surface area contributed by atoms with Crippen LogP contribution in [0.25, 0.3) is 0 Å². The Morgan fingerprint density at radius 3 is 2.59 bits per heavy atom. The van der Waals surface area contributed by atoms with Gasteiger partial charge in [0.15, 0.2) is 12.4 Å². The van der Waals surface area contributed by atoms with Crippen molar-refractivity contribution in [2.45, 2.75) is 32.9 Å². The highest BCUT2D eigenvalue weighted by atomic mass is 16.5. The summed E-state index contributed by atoms with van der Waals surface area (Å²) in [4.78, 5) is 12.5. The molecule has 3 rings (SSSR count). The summed E-state index contributed by atoms with van der Waals surface area (Å²) in [6, 6.07) is 16.4. The van der Waals surface area contributed by atoms with Gasteiger partial charge in [0, 0.05) is 6.54 Å². The number of carbonyl (C=O) groups is 1. The predicted molar refractivity (Wildman–Crippen MR) is 106 cm³/mol. The van der Waals surface area contributed by atoms with Crippen molar-refractivity contribution in [1.82, 2.24) is 20.2 Å². The van der Waals surface area contributed by atoms with E-state index in [0.717, 1.165) is 18.6 Å². The molecule has 0 radical (unpaired) electrons. The van der Waals surface area contributed by atoms with E-state index >= 15 is 0 Å². The van der Waals surface area contributed by atoms with Crippen molar-refractivity contribution in [3.8, 4) is 11.5 Å². The molecule has 0 spiro atoms. The first kappa shape index (κ1) is 20.3. The molecular formula is C21H24N4O4. The van der Waals surface area contributed by atoms with Gasteiger partial charge < -0.3 is 14.2 Å². The number of para-hydroxylation sites is 2. The fourth-order valence-electron chi connectivity index (χ4n) is 2.61. The Morgan fingerprint density at radius 2 is 1.76 bits per heavy atom.